The maximum absolute atomic E-state index is 12.4. The molecule has 0 aliphatic heterocycles. The zero-order valence-corrected chi connectivity index (χ0v) is 11.6. The van der Waals surface area contributed by atoms with Crippen LogP contribution < -0.4 is 5.32 Å². The normalized spacial score (nSPS) is 11.2. The Morgan fingerprint density at radius 3 is 2.71 bits per heavy atom. The van der Waals surface area contributed by atoms with Crippen molar-refractivity contribution in [1.29, 1.82) is 0 Å². The van der Waals surface area contributed by atoms with E-state index in [1.54, 1.807) is 6.92 Å². The van der Waals surface area contributed by atoms with E-state index in [0.29, 0.717) is 10.7 Å². The second-order valence-corrected chi connectivity index (χ2v) is 4.66. The minimum atomic E-state index is -4.49. The van der Waals surface area contributed by atoms with E-state index in [2.05, 4.69) is 15.3 Å². The molecule has 2 aromatic heterocycles. The highest BCUT2D eigenvalue weighted by Crippen LogP contribution is 2.29. The van der Waals surface area contributed by atoms with Gasteiger partial charge < -0.3 is 10.1 Å². The van der Waals surface area contributed by atoms with Gasteiger partial charge in [-0.3, -0.25) is 0 Å². The van der Waals surface area contributed by atoms with Gasteiger partial charge in [0.05, 0.1) is 24.0 Å². The summed E-state index contributed by atoms with van der Waals surface area (Å²) in [6, 6.07) is 2.08. The Labute approximate surface area is 121 Å². The first-order chi connectivity index (χ1) is 9.91. The molecule has 2 aromatic rings. The number of hydrogen-bond donors (Lipinski definition) is 1. The minimum Gasteiger partial charge on any atom is -0.461 e. The number of aromatic nitrogens is 2. The molecule has 0 aliphatic rings. The van der Waals surface area contributed by atoms with Crippen LogP contribution in [-0.2, 0) is 10.9 Å². The average Bonchev–Trinajstić information content (AvgIpc) is 2.87. The summed E-state index contributed by atoms with van der Waals surface area (Å²) in [4.78, 5) is 18.8. The summed E-state index contributed by atoms with van der Waals surface area (Å²) >= 11 is 1.14. The van der Waals surface area contributed by atoms with Gasteiger partial charge in [-0.1, -0.05) is 0 Å². The second-order valence-electron chi connectivity index (χ2n) is 3.81. The smallest absolute Gasteiger partial charge is 0.433 e. The monoisotopic (exact) mass is 317 g/mol. The molecular weight excluding hydrogens is 307 g/mol. The van der Waals surface area contributed by atoms with Crippen LogP contribution in [0.1, 0.15) is 23.1 Å². The summed E-state index contributed by atoms with van der Waals surface area (Å²) in [6.07, 6.45) is -3.45. The highest BCUT2D eigenvalue weighted by molar-refractivity contribution is 7.14. The van der Waals surface area contributed by atoms with Crippen molar-refractivity contribution in [1.82, 2.24) is 9.97 Å². The Bertz CT molecular complexity index is 625. The van der Waals surface area contributed by atoms with Crippen molar-refractivity contribution in [2.24, 2.45) is 0 Å². The van der Waals surface area contributed by atoms with Crippen LogP contribution in [0.4, 0.5) is 23.9 Å². The molecule has 0 bridgehead atoms. The molecular formula is C12H10F3N3O2S. The van der Waals surface area contributed by atoms with Gasteiger partial charge in [0.2, 0.25) is 0 Å². The van der Waals surface area contributed by atoms with E-state index >= 15 is 0 Å². The topological polar surface area (TPSA) is 64.1 Å². The zero-order valence-electron chi connectivity index (χ0n) is 10.8. The Balaban J connectivity index is 2.16. The molecule has 21 heavy (non-hydrogen) atoms. The largest absolute Gasteiger partial charge is 0.461 e. The van der Waals surface area contributed by atoms with Crippen molar-refractivity contribution in [2.75, 3.05) is 11.9 Å². The third-order valence-electron chi connectivity index (χ3n) is 2.35. The van der Waals surface area contributed by atoms with Crippen LogP contribution in [0.3, 0.4) is 0 Å². The molecule has 2 heterocycles. The van der Waals surface area contributed by atoms with Gasteiger partial charge in [-0.25, -0.2) is 14.8 Å². The Morgan fingerprint density at radius 2 is 2.14 bits per heavy atom. The molecule has 0 saturated carbocycles. The molecule has 0 aliphatic carbocycles. The lowest BCUT2D eigenvalue weighted by Gasteiger charge is -2.08. The van der Waals surface area contributed by atoms with Gasteiger partial charge in [0.15, 0.2) is 5.69 Å². The number of hydrogen-bond acceptors (Lipinski definition) is 6. The van der Waals surface area contributed by atoms with Gasteiger partial charge in [0.25, 0.3) is 0 Å². The predicted octanol–water partition coefficient (Wildman–Crippen LogP) is 3.48. The molecule has 0 radical (unpaired) electrons. The predicted molar refractivity (Wildman–Crippen MR) is 70.6 cm³/mol. The van der Waals surface area contributed by atoms with Crippen molar-refractivity contribution in [2.45, 2.75) is 13.1 Å². The Morgan fingerprint density at radius 1 is 1.38 bits per heavy atom. The van der Waals surface area contributed by atoms with Crippen LogP contribution in [0.25, 0.3) is 0 Å². The van der Waals surface area contributed by atoms with Crippen LogP contribution in [0, 0.1) is 0 Å². The van der Waals surface area contributed by atoms with Gasteiger partial charge >= 0.3 is 12.1 Å². The fourth-order valence-corrected chi connectivity index (χ4v) is 2.13. The first kappa shape index (κ1) is 15.2. The number of esters is 1. The van der Waals surface area contributed by atoms with Crippen molar-refractivity contribution >= 4 is 28.0 Å². The van der Waals surface area contributed by atoms with Gasteiger partial charge in [-0.2, -0.15) is 13.2 Å². The SMILES string of the molecule is CCOC(=O)c1ncsc1Nc1ccc(C(F)(F)F)nc1. The first-order valence-corrected chi connectivity index (χ1v) is 6.70. The summed E-state index contributed by atoms with van der Waals surface area (Å²) < 4.78 is 42.0. The summed E-state index contributed by atoms with van der Waals surface area (Å²) in [7, 11) is 0. The number of halogens is 3. The number of nitrogens with one attached hydrogen (secondary N) is 1. The fraction of sp³-hybridized carbons (Fsp3) is 0.250. The van der Waals surface area contributed by atoms with Gasteiger partial charge in [0.1, 0.15) is 10.7 Å². The third-order valence-corrected chi connectivity index (χ3v) is 3.09. The number of alkyl halides is 3. The highest BCUT2D eigenvalue weighted by atomic mass is 32.1. The number of anilines is 2. The van der Waals surface area contributed by atoms with E-state index in [0.717, 1.165) is 23.6 Å². The molecule has 112 valence electrons. The number of carbonyl (C=O) groups is 1. The van der Waals surface area contributed by atoms with E-state index in [-0.39, 0.29) is 12.3 Å². The van der Waals surface area contributed by atoms with Gasteiger partial charge in [-0.05, 0) is 19.1 Å². The summed E-state index contributed by atoms with van der Waals surface area (Å²) in [5.74, 6) is -0.596. The van der Waals surface area contributed by atoms with Crippen molar-refractivity contribution in [3.05, 3.63) is 35.2 Å². The van der Waals surface area contributed by atoms with Crippen LogP contribution in [0.15, 0.2) is 23.8 Å². The minimum absolute atomic E-state index is 0.0850. The number of nitrogens with zero attached hydrogens (tertiary/aromatic N) is 2. The summed E-state index contributed by atoms with van der Waals surface area (Å²) in [5, 5.41) is 3.18. The third kappa shape index (κ3) is 3.69. The van der Waals surface area contributed by atoms with E-state index in [1.165, 1.54) is 11.6 Å². The number of rotatable bonds is 4. The summed E-state index contributed by atoms with van der Waals surface area (Å²) in [5.41, 5.74) is 0.856. The quantitative estimate of drug-likeness (QED) is 0.875. The van der Waals surface area contributed by atoms with E-state index in [9.17, 15) is 18.0 Å². The fourth-order valence-electron chi connectivity index (χ4n) is 1.45. The molecule has 0 atom stereocenters. The molecule has 0 saturated heterocycles. The maximum Gasteiger partial charge on any atom is 0.433 e. The van der Waals surface area contributed by atoms with Crippen LogP contribution in [0.5, 0.6) is 0 Å². The molecule has 0 amide bonds. The molecule has 1 N–H and O–H groups in total. The number of carbonyl (C=O) groups excluding carboxylic acids is 1. The van der Waals surface area contributed by atoms with E-state index in [4.69, 9.17) is 4.74 Å². The van der Waals surface area contributed by atoms with Crippen molar-refractivity contribution in [3.8, 4) is 0 Å². The van der Waals surface area contributed by atoms with Crippen LogP contribution in [0.2, 0.25) is 0 Å². The molecule has 0 spiro atoms. The lowest BCUT2D eigenvalue weighted by Crippen LogP contribution is -2.09. The lowest BCUT2D eigenvalue weighted by atomic mass is 10.3. The average molecular weight is 317 g/mol. The van der Waals surface area contributed by atoms with Crippen LogP contribution >= 0.6 is 11.3 Å². The lowest BCUT2D eigenvalue weighted by molar-refractivity contribution is -0.141. The van der Waals surface area contributed by atoms with Gasteiger partial charge in [0, 0.05) is 0 Å². The van der Waals surface area contributed by atoms with E-state index < -0.39 is 17.8 Å². The molecule has 2 rings (SSSR count). The molecule has 9 heteroatoms. The second kappa shape index (κ2) is 6.08. The zero-order chi connectivity index (χ0) is 15.5. The van der Waals surface area contributed by atoms with Gasteiger partial charge in [-0.15, -0.1) is 11.3 Å². The molecule has 0 fully saturated rings. The van der Waals surface area contributed by atoms with Crippen molar-refractivity contribution in [3.63, 3.8) is 0 Å². The van der Waals surface area contributed by atoms with Crippen LogP contribution in [-0.4, -0.2) is 22.5 Å². The molecule has 5 nitrogen and oxygen atoms in total. The highest BCUT2D eigenvalue weighted by Gasteiger charge is 2.32. The summed E-state index contributed by atoms with van der Waals surface area (Å²) in [6.45, 7) is 1.87. The Kier molecular flexibility index (Phi) is 4.41. The number of ether oxygens (including phenoxy) is 1. The van der Waals surface area contributed by atoms with Crippen molar-refractivity contribution < 1.29 is 22.7 Å². The molecule has 0 unspecified atom stereocenters. The number of thiazole rings is 1. The molecule has 0 aromatic carbocycles. The number of pyridine rings is 1. The Hall–Kier alpha value is -2.16. The standard InChI is InChI=1S/C12H10F3N3O2S/c1-2-20-11(19)9-10(21-6-17-9)18-7-3-4-8(16-5-7)12(13,14)15/h3-6,18H,2H2,1H3. The first-order valence-electron chi connectivity index (χ1n) is 5.82. The van der Waals surface area contributed by atoms with E-state index in [1.807, 2.05) is 0 Å². The maximum atomic E-state index is 12.4.